The maximum Gasteiger partial charge on any atom is 0.119 e. The zero-order valence-corrected chi connectivity index (χ0v) is 13.9. The molecular formula is C18H21BrO. The number of rotatable bonds is 5. The van der Waals surface area contributed by atoms with E-state index in [9.17, 15) is 0 Å². The van der Waals surface area contributed by atoms with Crippen molar-refractivity contribution in [1.29, 1.82) is 0 Å². The monoisotopic (exact) mass is 332 g/mol. The van der Waals surface area contributed by atoms with E-state index in [-0.39, 0.29) is 4.83 Å². The van der Waals surface area contributed by atoms with Crippen LogP contribution in [0.3, 0.4) is 0 Å². The number of halogens is 1. The number of alkyl halides is 1. The van der Waals surface area contributed by atoms with Gasteiger partial charge in [0.15, 0.2) is 0 Å². The summed E-state index contributed by atoms with van der Waals surface area (Å²) < 4.78 is 5.71. The van der Waals surface area contributed by atoms with E-state index in [1.165, 1.54) is 22.3 Å². The lowest BCUT2D eigenvalue weighted by molar-refractivity contribution is 0.317. The normalized spacial score (nSPS) is 12.2. The second-order valence-corrected chi connectivity index (χ2v) is 6.06. The molecule has 0 bridgehead atoms. The van der Waals surface area contributed by atoms with Gasteiger partial charge in [-0.05, 0) is 49.1 Å². The summed E-state index contributed by atoms with van der Waals surface area (Å²) in [5.74, 6) is 0.944. The van der Waals surface area contributed by atoms with Crippen LogP contribution in [0.4, 0.5) is 0 Å². The Morgan fingerprint density at radius 1 is 1.10 bits per heavy atom. The molecule has 1 nitrogen and oxygen atoms in total. The topological polar surface area (TPSA) is 9.23 Å². The van der Waals surface area contributed by atoms with Gasteiger partial charge in [0.1, 0.15) is 5.75 Å². The Bertz CT molecular complexity index is 577. The molecule has 0 saturated carbocycles. The van der Waals surface area contributed by atoms with Crippen molar-refractivity contribution in [1.82, 2.24) is 0 Å². The Balaban J connectivity index is 2.28. The number of benzene rings is 2. The van der Waals surface area contributed by atoms with Gasteiger partial charge in [0.25, 0.3) is 0 Å². The second-order valence-electron chi connectivity index (χ2n) is 5.14. The van der Waals surface area contributed by atoms with Crippen LogP contribution in [0.1, 0.15) is 40.4 Å². The van der Waals surface area contributed by atoms with Gasteiger partial charge in [-0.25, -0.2) is 0 Å². The maximum atomic E-state index is 5.71. The molecule has 1 unspecified atom stereocenters. The molecule has 106 valence electrons. The molecule has 2 aromatic rings. The van der Waals surface area contributed by atoms with Crippen molar-refractivity contribution < 1.29 is 4.74 Å². The van der Waals surface area contributed by atoms with Gasteiger partial charge in [-0.15, -0.1) is 0 Å². The maximum absolute atomic E-state index is 5.71. The summed E-state index contributed by atoms with van der Waals surface area (Å²) in [5, 5.41) is 0. The minimum absolute atomic E-state index is 0.201. The Hall–Kier alpha value is -1.28. The van der Waals surface area contributed by atoms with Crippen molar-refractivity contribution in [3.05, 3.63) is 64.7 Å². The van der Waals surface area contributed by atoms with Crippen molar-refractivity contribution in [2.75, 3.05) is 6.61 Å². The Kier molecular flexibility index (Phi) is 5.24. The third-order valence-corrected chi connectivity index (χ3v) is 4.35. The van der Waals surface area contributed by atoms with E-state index >= 15 is 0 Å². The van der Waals surface area contributed by atoms with E-state index < -0.39 is 0 Å². The first kappa shape index (κ1) is 15.1. The minimum atomic E-state index is 0.201. The summed E-state index contributed by atoms with van der Waals surface area (Å²) in [4.78, 5) is 0.201. The van der Waals surface area contributed by atoms with Crippen molar-refractivity contribution in [2.45, 2.75) is 32.0 Å². The van der Waals surface area contributed by atoms with Crippen molar-refractivity contribution in [3.8, 4) is 5.75 Å². The molecule has 0 aliphatic carbocycles. The fraction of sp³-hybridized carbons (Fsp3) is 0.333. The quantitative estimate of drug-likeness (QED) is 0.649. The van der Waals surface area contributed by atoms with Crippen molar-refractivity contribution >= 4 is 15.9 Å². The molecule has 0 spiro atoms. The lowest BCUT2D eigenvalue weighted by atomic mass is 9.98. The lowest BCUT2D eigenvalue weighted by Crippen LogP contribution is -1.99. The molecule has 0 amide bonds. The molecule has 0 aliphatic rings. The Morgan fingerprint density at radius 2 is 1.90 bits per heavy atom. The summed E-state index contributed by atoms with van der Waals surface area (Å²) in [5.41, 5.74) is 5.13. The Morgan fingerprint density at radius 3 is 2.65 bits per heavy atom. The Labute approximate surface area is 130 Å². The summed E-state index contributed by atoms with van der Waals surface area (Å²) >= 11 is 3.83. The first-order valence-corrected chi connectivity index (χ1v) is 7.97. The molecule has 1 atom stereocenters. The van der Waals surface area contributed by atoms with E-state index in [0.717, 1.165) is 18.8 Å². The fourth-order valence-electron chi connectivity index (χ4n) is 2.19. The van der Waals surface area contributed by atoms with Crippen molar-refractivity contribution in [3.63, 3.8) is 0 Å². The molecule has 0 saturated heterocycles. The predicted molar refractivity (Wildman–Crippen MR) is 88.9 cm³/mol. The zero-order chi connectivity index (χ0) is 14.5. The van der Waals surface area contributed by atoms with E-state index in [2.05, 4.69) is 73.1 Å². The molecule has 2 rings (SSSR count). The molecule has 0 fully saturated rings. The summed E-state index contributed by atoms with van der Waals surface area (Å²) in [6.07, 6.45) is 1.03. The van der Waals surface area contributed by atoms with Gasteiger partial charge in [-0.3, -0.25) is 0 Å². The van der Waals surface area contributed by atoms with Crippen molar-refractivity contribution in [2.24, 2.45) is 0 Å². The van der Waals surface area contributed by atoms with Crippen LogP contribution < -0.4 is 4.74 Å². The molecule has 2 heteroatoms. The van der Waals surface area contributed by atoms with Crippen LogP contribution in [0.5, 0.6) is 5.75 Å². The SMILES string of the molecule is CCCOc1cccc(C(Br)c2cc(C)ccc2C)c1. The number of ether oxygens (including phenoxy) is 1. The fourth-order valence-corrected chi connectivity index (χ4v) is 2.97. The zero-order valence-electron chi connectivity index (χ0n) is 12.3. The first-order chi connectivity index (χ1) is 9.61. The molecular weight excluding hydrogens is 312 g/mol. The van der Waals surface area contributed by atoms with Gasteiger partial charge in [0.05, 0.1) is 11.4 Å². The highest BCUT2D eigenvalue weighted by Crippen LogP contribution is 2.34. The second kappa shape index (κ2) is 6.94. The smallest absolute Gasteiger partial charge is 0.119 e. The van der Waals surface area contributed by atoms with Crippen LogP contribution in [-0.4, -0.2) is 6.61 Å². The van der Waals surface area contributed by atoms with Crippen LogP contribution in [-0.2, 0) is 0 Å². The molecule has 0 radical (unpaired) electrons. The largest absolute Gasteiger partial charge is 0.494 e. The van der Waals surface area contributed by atoms with E-state index in [0.29, 0.717) is 0 Å². The van der Waals surface area contributed by atoms with Gasteiger partial charge < -0.3 is 4.74 Å². The molecule has 20 heavy (non-hydrogen) atoms. The first-order valence-electron chi connectivity index (χ1n) is 7.05. The van der Waals surface area contributed by atoms with Gasteiger partial charge in [-0.2, -0.15) is 0 Å². The highest BCUT2D eigenvalue weighted by molar-refractivity contribution is 9.09. The molecule has 0 N–H and O–H groups in total. The highest BCUT2D eigenvalue weighted by Gasteiger charge is 2.13. The average Bonchev–Trinajstić information content (AvgIpc) is 2.47. The minimum Gasteiger partial charge on any atom is -0.494 e. The van der Waals surface area contributed by atoms with Crippen LogP contribution >= 0.6 is 15.9 Å². The van der Waals surface area contributed by atoms with Crippen LogP contribution in [0, 0.1) is 13.8 Å². The third-order valence-electron chi connectivity index (χ3n) is 3.33. The van der Waals surface area contributed by atoms with Gasteiger partial charge in [0.2, 0.25) is 0 Å². The summed E-state index contributed by atoms with van der Waals surface area (Å²) in [7, 11) is 0. The van der Waals surface area contributed by atoms with E-state index in [1.54, 1.807) is 0 Å². The van der Waals surface area contributed by atoms with Crippen LogP contribution in [0.2, 0.25) is 0 Å². The standard InChI is InChI=1S/C18H21BrO/c1-4-10-20-16-7-5-6-15(12-16)18(19)17-11-13(2)8-9-14(17)3/h5-9,11-12,18H,4,10H2,1-3H3. The molecule has 2 aromatic carbocycles. The summed E-state index contributed by atoms with van der Waals surface area (Å²) in [6, 6.07) is 14.9. The predicted octanol–water partition coefficient (Wildman–Crippen LogP) is 5.58. The molecule has 0 aromatic heterocycles. The van der Waals surface area contributed by atoms with E-state index in [4.69, 9.17) is 4.74 Å². The number of aryl methyl sites for hydroxylation is 2. The van der Waals surface area contributed by atoms with E-state index in [1.807, 2.05) is 6.07 Å². The summed E-state index contributed by atoms with van der Waals surface area (Å²) in [6.45, 7) is 7.16. The molecule has 0 heterocycles. The van der Waals surface area contributed by atoms with Crippen LogP contribution in [0.25, 0.3) is 0 Å². The van der Waals surface area contributed by atoms with Crippen LogP contribution in [0.15, 0.2) is 42.5 Å². The third kappa shape index (κ3) is 3.63. The number of hydrogen-bond acceptors (Lipinski definition) is 1. The average molecular weight is 333 g/mol. The highest BCUT2D eigenvalue weighted by atomic mass is 79.9. The van der Waals surface area contributed by atoms with Gasteiger partial charge in [-0.1, -0.05) is 58.7 Å². The van der Waals surface area contributed by atoms with Gasteiger partial charge in [0, 0.05) is 0 Å². The number of hydrogen-bond donors (Lipinski definition) is 0. The molecule has 0 aliphatic heterocycles. The van der Waals surface area contributed by atoms with Gasteiger partial charge >= 0.3 is 0 Å². The lowest BCUT2D eigenvalue weighted by Gasteiger charge is -2.15.